The van der Waals surface area contributed by atoms with Crippen molar-refractivity contribution in [1.29, 1.82) is 0 Å². The Morgan fingerprint density at radius 3 is 1.52 bits per heavy atom. The fourth-order valence-corrected chi connectivity index (χ4v) is 1.66. The number of benzene rings is 2. The molecule has 0 unspecified atom stereocenters. The molecule has 0 amide bonds. The molecule has 0 aromatic heterocycles. The number of hydrogen-bond acceptors (Lipinski definition) is 4. The van der Waals surface area contributed by atoms with E-state index < -0.39 is 17.4 Å². The number of Topliss-reactive ketones (excluding diaryl/α,β-unsaturated/α-hetero) is 2. The van der Waals surface area contributed by atoms with Crippen LogP contribution < -0.4 is 0 Å². The van der Waals surface area contributed by atoms with Gasteiger partial charge in [0, 0.05) is 11.1 Å². The third-order valence-electron chi connectivity index (χ3n) is 2.82. The van der Waals surface area contributed by atoms with Crippen LogP contribution in [0.5, 0.6) is 0 Å². The summed E-state index contributed by atoms with van der Waals surface area (Å²) in [5.74, 6) is -2.54. The third-order valence-corrected chi connectivity index (χ3v) is 2.82. The Morgan fingerprint density at radius 1 is 0.783 bits per heavy atom. The molecule has 0 aliphatic heterocycles. The normalized spacial score (nSPS) is 10.2. The molecule has 0 radical (unpaired) electrons. The molecule has 0 bridgehead atoms. The van der Waals surface area contributed by atoms with Gasteiger partial charge in [-0.05, 0) is 13.8 Å². The Balaban J connectivity index is 0.000000231. The summed E-state index contributed by atoms with van der Waals surface area (Å²) in [6.07, 6.45) is 0. The van der Waals surface area contributed by atoms with Gasteiger partial charge in [0.25, 0.3) is 5.78 Å². The van der Waals surface area contributed by atoms with Crippen molar-refractivity contribution in [2.24, 2.45) is 0 Å². The third kappa shape index (κ3) is 5.84. The Kier molecular flexibility index (Phi) is 6.35. The van der Waals surface area contributed by atoms with Gasteiger partial charge in [0.2, 0.25) is 0 Å². The molecular weight excluding hydrogens is 296 g/mol. The number of carbonyl (C=O) groups is 3. The molecule has 0 atom stereocenters. The van der Waals surface area contributed by atoms with E-state index in [1.807, 2.05) is 6.07 Å². The summed E-state index contributed by atoms with van der Waals surface area (Å²) in [5.41, 5.74) is -0.522. The number of carboxylic acid groups (broad SMARTS) is 1. The Morgan fingerprint density at radius 2 is 1.17 bits per heavy atom. The highest BCUT2D eigenvalue weighted by molar-refractivity contribution is 6.39. The number of rotatable bonds is 4. The summed E-state index contributed by atoms with van der Waals surface area (Å²) in [7, 11) is 0. The summed E-state index contributed by atoms with van der Waals surface area (Å²) in [4.78, 5) is 32.3. The smallest absolute Gasteiger partial charge is 0.377 e. The van der Waals surface area contributed by atoms with E-state index in [1.165, 1.54) is 26.0 Å². The second kappa shape index (κ2) is 8.00. The zero-order chi connectivity index (χ0) is 17.5. The number of aliphatic carboxylic acids is 1. The van der Waals surface area contributed by atoms with E-state index in [-0.39, 0.29) is 11.3 Å². The van der Waals surface area contributed by atoms with E-state index in [0.717, 1.165) is 0 Å². The monoisotopic (exact) mass is 314 g/mol. The molecule has 2 aromatic rings. The van der Waals surface area contributed by atoms with Crippen molar-refractivity contribution >= 4 is 17.5 Å². The van der Waals surface area contributed by atoms with Crippen molar-refractivity contribution < 1.29 is 24.6 Å². The van der Waals surface area contributed by atoms with Crippen molar-refractivity contribution in [1.82, 2.24) is 0 Å². The lowest BCUT2D eigenvalue weighted by Crippen LogP contribution is -2.30. The first kappa shape index (κ1) is 18.3. The zero-order valence-electron chi connectivity index (χ0n) is 12.9. The van der Waals surface area contributed by atoms with Gasteiger partial charge in [0.1, 0.15) is 5.60 Å². The summed E-state index contributed by atoms with van der Waals surface area (Å²) >= 11 is 0. The van der Waals surface area contributed by atoms with E-state index in [0.29, 0.717) is 5.56 Å². The quantitative estimate of drug-likeness (QED) is 0.668. The van der Waals surface area contributed by atoms with Crippen LogP contribution in [-0.4, -0.2) is 33.3 Å². The molecule has 0 aliphatic rings. The van der Waals surface area contributed by atoms with Crippen molar-refractivity contribution in [3.05, 3.63) is 71.8 Å². The van der Waals surface area contributed by atoms with Gasteiger partial charge < -0.3 is 10.2 Å². The largest absolute Gasteiger partial charge is 0.475 e. The average molecular weight is 314 g/mol. The van der Waals surface area contributed by atoms with E-state index in [4.69, 9.17) is 5.11 Å². The predicted molar refractivity (Wildman–Crippen MR) is 85.5 cm³/mol. The topological polar surface area (TPSA) is 91.7 Å². The molecule has 5 nitrogen and oxygen atoms in total. The molecule has 0 saturated heterocycles. The first-order valence-corrected chi connectivity index (χ1v) is 6.88. The summed E-state index contributed by atoms with van der Waals surface area (Å²) in [5, 5.41) is 17.7. The minimum absolute atomic E-state index is 0.208. The molecule has 5 heteroatoms. The molecular formula is C18H18O5. The maximum atomic E-state index is 11.4. The predicted octanol–water partition coefficient (Wildman–Crippen LogP) is 2.59. The van der Waals surface area contributed by atoms with E-state index in [1.54, 1.807) is 42.5 Å². The van der Waals surface area contributed by atoms with Crippen LogP contribution in [-0.2, 0) is 4.79 Å². The zero-order valence-corrected chi connectivity index (χ0v) is 12.9. The number of ketones is 2. The molecule has 0 spiro atoms. The fraction of sp³-hybridized carbons (Fsp3) is 0.167. The van der Waals surface area contributed by atoms with Gasteiger partial charge in [-0.3, -0.25) is 9.59 Å². The highest BCUT2D eigenvalue weighted by Crippen LogP contribution is 2.11. The first-order chi connectivity index (χ1) is 10.7. The number of carboxylic acids is 1. The van der Waals surface area contributed by atoms with E-state index in [9.17, 15) is 19.5 Å². The number of hydrogen-bond donors (Lipinski definition) is 2. The van der Waals surface area contributed by atoms with Crippen LogP contribution >= 0.6 is 0 Å². The van der Waals surface area contributed by atoms with Crippen molar-refractivity contribution in [3.63, 3.8) is 0 Å². The number of carbonyl (C=O) groups excluding carboxylic acids is 2. The Labute approximate surface area is 134 Å². The summed E-state index contributed by atoms with van der Waals surface area (Å²) in [6.45, 7) is 2.98. The highest BCUT2D eigenvalue weighted by atomic mass is 16.4. The van der Waals surface area contributed by atoms with Gasteiger partial charge in [-0.2, -0.15) is 0 Å². The van der Waals surface area contributed by atoms with Gasteiger partial charge >= 0.3 is 5.97 Å². The Bertz CT molecular complexity index is 670. The highest BCUT2D eigenvalue weighted by Gasteiger charge is 2.24. The van der Waals surface area contributed by atoms with Crippen LogP contribution in [0.15, 0.2) is 60.7 Å². The number of aliphatic hydroxyl groups is 1. The Hall–Kier alpha value is -2.79. The second-order valence-corrected chi connectivity index (χ2v) is 5.25. The standard InChI is InChI=1S/C10H12O2.C8H6O3/c1-10(2,12)9(11)8-6-4-3-5-7-8;9-7(8(10)11)6-4-2-1-3-5-6/h3-7,12H,1-2H3;1-5H,(H,10,11). The average Bonchev–Trinajstić information content (AvgIpc) is 2.54. The molecule has 120 valence electrons. The van der Waals surface area contributed by atoms with Crippen LogP contribution in [0.25, 0.3) is 0 Å². The molecule has 0 saturated carbocycles. The molecule has 23 heavy (non-hydrogen) atoms. The van der Waals surface area contributed by atoms with Crippen LogP contribution in [0, 0.1) is 0 Å². The molecule has 2 N–H and O–H groups in total. The SMILES string of the molecule is CC(C)(O)C(=O)c1ccccc1.O=C(O)C(=O)c1ccccc1. The van der Waals surface area contributed by atoms with E-state index in [2.05, 4.69) is 0 Å². The maximum absolute atomic E-state index is 11.4. The van der Waals surface area contributed by atoms with E-state index >= 15 is 0 Å². The van der Waals surface area contributed by atoms with Crippen LogP contribution in [0.3, 0.4) is 0 Å². The minimum atomic E-state index is -1.42. The summed E-state index contributed by atoms with van der Waals surface area (Å²) in [6, 6.07) is 16.7. The van der Waals surface area contributed by atoms with Gasteiger partial charge in [-0.25, -0.2) is 4.79 Å². The summed E-state index contributed by atoms with van der Waals surface area (Å²) < 4.78 is 0. The van der Waals surface area contributed by atoms with Gasteiger partial charge in [0.05, 0.1) is 0 Å². The van der Waals surface area contributed by atoms with Crippen molar-refractivity contribution in [2.45, 2.75) is 19.4 Å². The van der Waals surface area contributed by atoms with Gasteiger partial charge in [-0.15, -0.1) is 0 Å². The molecule has 2 rings (SSSR count). The second-order valence-electron chi connectivity index (χ2n) is 5.25. The van der Waals surface area contributed by atoms with Crippen molar-refractivity contribution in [2.75, 3.05) is 0 Å². The fourth-order valence-electron chi connectivity index (χ4n) is 1.66. The van der Waals surface area contributed by atoms with Gasteiger partial charge in [-0.1, -0.05) is 60.7 Å². The maximum Gasteiger partial charge on any atom is 0.377 e. The first-order valence-electron chi connectivity index (χ1n) is 6.88. The lowest BCUT2D eigenvalue weighted by atomic mass is 9.97. The van der Waals surface area contributed by atoms with Gasteiger partial charge in [0.15, 0.2) is 5.78 Å². The minimum Gasteiger partial charge on any atom is -0.475 e. The van der Waals surface area contributed by atoms with Crippen LogP contribution in [0.2, 0.25) is 0 Å². The lowest BCUT2D eigenvalue weighted by molar-refractivity contribution is -0.131. The molecule has 0 aliphatic carbocycles. The van der Waals surface area contributed by atoms with Crippen LogP contribution in [0.4, 0.5) is 0 Å². The molecule has 0 heterocycles. The lowest BCUT2D eigenvalue weighted by Gasteiger charge is -2.14. The molecule has 2 aromatic carbocycles. The molecule has 0 fully saturated rings. The van der Waals surface area contributed by atoms with Crippen LogP contribution in [0.1, 0.15) is 34.6 Å². The van der Waals surface area contributed by atoms with Crippen molar-refractivity contribution in [3.8, 4) is 0 Å².